The van der Waals surface area contributed by atoms with Crippen molar-refractivity contribution in [3.05, 3.63) is 59.7 Å². The van der Waals surface area contributed by atoms with Gasteiger partial charge in [-0.1, -0.05) is 48.5 Å². The largest absolute Gasteiger partial charge is 0.481 e. The number of ether oxygens (including phenoxy) is 1. The molecule has 7 nitrogen and oxygen atoms in total. The number of carbonyl (C=O) groups excluding carboxylic acids is 2. The number of fused-ring (bicyclic) bond motifs is 3. The average molecular weight is 465 g/mol. The van der Waals surface area contributed by atoms with Crippen molar-refractivity contribution in [2.75, 3.05) is 13.2 Å². The van der Waals surface area contributed by atoms with E-state index in [9.17, 15) is 19.5 Å². The van der Waals surface area contributed by atoms with Crippen molar-refractivity contribution in [2.24, 2.45) is 10.8 Å². The molecule has 2 aliphatic rings. The van der Waals surface area contributed by atoms with Gasteiger partial charge in [0.25, 0.3) is 0 Å². The Labute approximate surface area is 199 Å². The highest BCUT2D eigenvalue weighted by molar-refractivity contribution is 5.88. The summed E-state index contributed by atoms with van der Waals surface area (Å²) in [6.07, 6.45) is 0.698. The third-order valence-corrected chi connectivity index (χ3v) is 7.77. The number of carboxylic acids is 1. The van der Waals surface area contributed by atoms with E-state index in [1.165, 1.54) is 0 Å². The molecule has 0 saturated heterocycles. The molecule has 0 radical (unpaired) electrons. The van der Waals surface area contributed by atoms with Gasteiger partial charge in [-0.25, -0.2) is 4.79 Å². The molecule has 34 heavy (non-hydrogen) atoms. The molecule has 3 N–H and O–H groups in total. The van der Waals surface area contributed by atoms with Gasteiger partial charge in [0.2, 0.25) is 5.91 Å². The SMILES string of the molecule is CC(C)(NC(=O)C1(CNC(=O)OCC2c3ccccc3-c3ccccc32)CC1)C(C)(C)C(=O)O. The van der Waals surface area contributed by atoms with Gasteiger partial charge in [0.15, 0.2) is 0 Å². The summed E-state index contributed by atoms with van der Waals surface area (Å²) in [6.45, 7) is 6.94. The van der Waals surface area contributed by atoms with E-state index in [1.54, 1.807) is 27.7 Å². The molecule has 0 unspecified atom stereocenters. The maximum absolute atomic E-state index is 13.0. The van der Waals surface area contributed by atoms with Crippen molar-refractivity contribution < 1.29 is 24.2 Å². The average Bonchev–Trinajstić information content (AvgIpc) is 3.53. The lowest BCUT2D eigenvalue weighted by molar-refractivity contribution is -0.152. The van der Waals surface area contributed by atoms with Gasteiger partial charge < -0.3 is 20.5 Å². The van der Waals surface area contributed by atoms with Crippen molar-refractivity contribution >= 4 is 18.0 Å². The molecule has 180 valence electrons. The Morgan fingerprint density at radius 3 is 2.00 bits per heavy atom. The zero-order chi connectivity index (χ0) is 24.7. The van der Waals surface area contributed by atoms with Gasteiger partial charge in [0.1, 0.15) is 6.61 Å². The van der Waals surface area contributed by atoms with Crippen LogP contribution in [0.15, 0.2) is 48.5 Å². The van der Waals surface area contributed by atoms with E-state index in [1.807, 2.05) is 24.3 Å². The number of nitrogens with one attached hydrogen (secondary N) is 2. The van der Waals surface area contributed by atoms with E-state index in [2.05, 4.69) is 34.9 Å². The van der Waals surface area contributed by atoms with E-state index in [-0.39, 0.29) is 25.0 Å². The van der Waals surface area contributed by atoms with Gasteiger partial charge >= 0.3 is 12.1 Å². The second-order valence-corrected chi connectivity index (χ2v) is 10.5. The monoisotopic (exact) mass is 464 g/mol. The first-order valence-electron chi connectivity index (χ1n) is 11.6. The second kappa shape index (κ2) is 8.46. The normalized spacial score (nSPS) is 16.2. The smallest absolute Gasteiger partial charge is 0.407 e. The summed E-state index contributed by atoms with van der Waals surface area (Å²) in [5.74, 6) is -1.26. The molecular weight excluding hydrogens is 432 g/mol. The number of amides is 2. The van der Waals surface area contributed by atoms with E-state index in [4.69, 9.17) is 4.74 Å². The van der Waals surface area contributed by atoms with Gasteiger partial charge in [0.05, 0.1) is 10.8 Å². The Bertz CT molecular complexity index is 1090. The summed E-state index contributed by atoms with van der Waals surface area (Å²) >= 11 is 0. The van der Waals surface area contributed by atoms with Crippen LogP contribution in [0.25, 0.3) is 11.1 Å². The van der Waals surface area contributed by atoms with E-state index >= 15 is 0 Å². The number of carboxylic acid groups (broad SMARTS) is 1. The highest BCUT2D eigenvalue weighted by Crippen LogP contribution is 2.47. The van der Waals surface area contributed by atoms with Crippen molar-refractivity contribution in [2.45, 2.75) is 52.0 Å². The van der Waals surface area contributed by atoms with Crippen molar-refractivity contribution in [3.8, 4) is 11.1 Å². The first kappa shape index (κ1) is 23.8. The molecule has 0 aliphatic heterocycles. The van der Waals surface area contributed by atoms with Crippen LogP contribution in [0.3, 0.4) is 0 Å². The topological polar surface area (TPSA) is 105 Å². The second-order valence-electron chi connectivity index (χ2n) is 10.5. The number of carbonyl (C=O) groups is 3. The van der Waals surface area contributed by atoms with Crippen LogP contribution in [-0.2, 0) is 14.3 Å². The summed E-state index contributed by atoms with van der Waals surface area (Å²) in [6, 6.07) is 16.3. The van der Waals surface area contributed by atoms with E-state index in [0.717, 1.165) is 22.3 Å². The van der Waals surface area contributed by atoms with Crippen LogP contribution in [0.2, 0.25) is 0 Å². The van der Waals surface area contributed by atoms with Gasteiger partial charge in [-0.3, -0.25) is 9.59 Å². The van der Waals surface area contributed by atoms with Crippen molar-refractivity contribution in [1.82, 2.24) is 10.6 Å². The molecule has 1 fully saturated rings. The number of hydrogen-bond acceptors (Lipinski definition) is 4. The summed E-state index contributed by atoms with van der Waals surface area (Å²) in [7, 11) is 0. The lowest BCUT2D eigenvalue weighted by Gasteiger charge is -2.39. The third-order valence-electron chi connectivity index (χ3n) is 7.77. The van der Waals surface area contributed by atoms with Gasteiger partial charge in [0, 0.05) is 18.0 Å². The fourth-order valence-electron chi connectivity index (χ4n) is 4.37. The molecule has 0 bridgehead atoms. The fraction of sp³-hybridized carbons (Fsp3) is 0.444. The Kier molecular flexibility index (Phi) is 5.92. The summed E-state index contributed by atoms with van der Waals surface area (Å²) < 4.78 is 5.57. The van der Waals surface area contributed by atoms with Crippen LogP contribution < -0.4 is 10.6 Å². The molecule has 0 spiro atoms. The maximum atomic E-state index is 13.0. The number of rotatable bonds is 8. The number of aliphatic carboxylic acids is 1. The van der Waals surface area contributed by atoms with Crippen molar-refractivity contribution in [3.63, 3.8) is 0 Å². The quantitative estimate of drug-likeness (QED) is 0.540. The Morgan fingerprint density at radius 1 is 0.971 bits per heavy atom. The lowest BCUT2D eigenvalue weighted by Crippen LogP contribution is -2.59. The molecule has 2 aromatic rings. The lowest BCUT2D eigenvalue weighted by atomic mass is 9.74. The predicted octanol–water partition coefficient (Wildman–Crippen LogP) is 4.31. The highest BCUT2D eigenvalue weighted by atomic mass is 16.5. The third kappa shape index (κ3) is 4.15. The van der Waals surface area contributed by atoms with E-state index in [0.29, 0.717) is 12.8 Å². The molecule has 0 heterocycles. The Balaban J connectivity index is 1.34. The molecule has 1 saturated carbocycles. The number of hydrogen-bond donors (Lipinski definition) is 3. The minimum Gasteiger partial charge on any atom is -0.481 e. The molecule has 2 amide bonds. The van der Waals surface area contributed by atoms with E-state index < -0.39 is 28.4 Å². The maximum Gasteiger partial charge on any atom is 0.407 e. The molecule has 0 atom stereocenters. The van der Waals surface area contributed by atoms with Gasteiger partial charge in [-0.05, 0) is 62.8 Å². The molecule has 0 aromatic heterocycles. The highest BCUT2D eigenvalue weighted by Gasteiger charge is 2.53. The zero-order valence-corrected chi connectivity index (χ0v) is 20.1. The minimum absolute atomic E-state index is 0.0321. The Hall–Kier alpha value is -3.35. The minimum atomic E-state index is -1.15. The molecule has 2 aromatic carbocycles. The first-order valence-corrected chi connectivity index (χ1v) is 11.6. The van der Waals surface area contributed by atoms with Gasteiger partial charge in [-0.2, -0.15) is 0 Å². The Morgan fingerprint density at radius 2 is 1.50 bits per heavy atom. The van der Waals surface area contributed by atoms with Crippen LogP contribution in [0.1, 0.15) is 57.6 Å². The van der Waals surface area contributed by atoms with Gasteiger partial charge in [-0.15, -0.1) is 0 Å². The summed E-state index contributed by atoms with van der Waals surface area (Å²) in [5.41, 5.74) is 1.75. The first-order chi connectivity index (χ1) is 16.0. The van der Waals surface area contributed by atoms with Crippen LogP contribution in [0.5, 0.6) is 0 Å². The predicted molar refractivity (Wildman–Crippen MR) is 128 cm³/mol. The molecular formula is C27H32N2O5. The van der Waals surface area contributed by atoms with Crippen LogP contribution in [0, 0.1) is 10.8 Å². The van der Waals surface area contributed by atoms with Crippen molar-refractivity contribution in [1.29, 1.82) is 0 Å². The van der Waals surface area contributed by atoms with Crippen LogP contribution in [0.4, 0.5) is 4.79 Å². The zero-order valence-electron chi connectivity index (χ0n) is 20.1. The van der Waals surface area contributed by atoms with Crippen LogP contribution >= 0.6 is 0 Å². The molecule has 4 rings (SSSR count). The summed E-state index contributed by atoms with van der Waals surface area (Å²) in [4.78, 5) is 37.1. The standard InChI is InChI=1S/C27H32N2O5/c1-25(2,23(31)32)26(3,4)29-22(30)27(13-14-27)16-28-24(33)34-15-21-19-11-7-5-9-17(19)18-10-6-8-12-20(18)21/h5-12,21H,13-16H2,1-4H3,(H,28,33)(H,29,30)(H,31,32). The fourth-order valence-corrected chi connectivity index (χ4v) is 4.37. The number of benzene rings is 2. The summed E-state index contributed by atoms with van der Waals surface area (Å²) in [5, 5.41) is 15.2. The van der Waals surface area contributed by atoms with Crippen LogP contribution in [-0.4, -0.2) is 41.8 Å². The number of alkyl carbamates (subject to hydrolysis) is 1. The molecule has 7 heteroatoms. The molecule has 2 aliphatic carbocycles.